The average Bonchev–Trinajstić information content (AvgIpc) is 2.24. The topological polar surface area (TPSA) is 38.9 Å². The molecule has 0 unspecified atom stereocenters. The molecule has 0 saturated heterocycles. The van der Waals surface area contributed by atoms with Gasteiger partial charge in [0.1, 0.15) is 5.82 Å². The monoisotopic (exact) mass is 204 g/mol. The number of rotatable bonds is 1. The second-order valence-electron chi connectivity index (χ2n) is 3.61. The van der Waals surface area contributed by atoms with E-state index in [1.165, 1.54) is 12.1 Å². The van der Waals surface area contributed by atoms with E-state index >= 15 is 0 Å². The summed E-state index contributed by atoms with van der Waals surface area (Å²) in [6, 6.07) is 4.51. The van der Waals surface area contributed by atoms with Crippen LogP contribution in [0.1, 0.15) is 18.2 Å². The Hall–Kier alpha value is -1.64. The number of hydrogen-bond acceptors (Lipinski definition) is 2. The van der Waals surface area contributed by atoms with Crippen molar-refractivity contribution in [2.24, 2.45) is 0 Å². The molecular weight excluding hydrogens is 191 g/mol. The fraction of sp³-hybridized carbons (Fsp3) is 0.250. The Labute approximate surface area is 87.9 Å². The maximum absolute atomic E-state index is 13.0. The van der Waals surface area contributed by atoms with E-state index in [1.54, 1.807) is 6.07 Å². The summed E-state index contributed by atoms with van der Waals surface area (Å²) in [7, 11) is 0. The van der Waals surface area contributed by atoms with E-state index in [2.05, 4.69) is 4.98 Å². The van der Waals surface area contributed by atoms with Gasteiger partial charge in [0, 0.05) is 16.8 Å². The largest absolute Gasteiger partial charge is 0.398 e. The number of nitrogens with zero attached hydrogens (tertiary/aromatic N) is 1. The van der Waals surface area contributed by atoms with Crippen molar-refractivity contribution >= 4 is 16.6 Å². The predicted octanol–water partition coefficient (Wildman–Crippen LogP) is 2.83. The molecule has 0 aliphatic carbocycles. The van der Waals surface area contributed by atoms with Crippen molar-refractivity contribution in [2.75, 3.05) is 5.73 Å². The highest BCUT2D eigenvalue weighted by molar-refractivity contribution is 5.92. The molecule has 2 nitrogen and oxygen atoms in total. The van der Waals surface area contributed by atoms with Crippen LogP contribution in [0.3, 0.4) is 0 Å². The van der Waals surface area contributed by atoms with Crippen LogP contribution in [0.2, 0.25) is 0 Å². The molecule has 15 heavy (non-hydrogen) atoms. The lowest BCUT2D eigenvalue weighted by Gasteiger charge is -2.09. The van der Waals surface area contributed by atoms with E-state index in [9.17, 15) is 4.39 Å². The van der Waals surface area contributed by atoms with Crippen LogP contribution in [-0.2, 0) is 6.42 Å². The van der Waals surface area contributed by atoms with Crippen LogP contribution >= 0.6 is 0 Å². The predicted molar refractivity (Wildman–Crippen MR) is 60.2 cm³/mol. The Morgan fingerprint density at radius 2 is 2.13 bits per heavy atom. The van der Waals surface area contributed by atoms with Gasteiger partial charge in [0.15, 0.2) is 0 Å². The molecule has 1 aromatic carbocycles. The van der Waals surface area contributed by atoms with Crippen LogP contribution in [0, 0.1) is 12.7 Å². The minimum absolute atomic E-state index is 0.278. The number of pyridine rings is 1. The highest BCUT2D eigenvalue weighted by Gasteiger charge is 2.08. The van der Waals surface area contributed by atoms with Crippen LogP contribution in [0.5, 0.6) is 0 Å². The summed E-state index contributed by atoms with van der Waals surface area (Å²) in [5.74, 6) is -0.278. The van der Waals surface area contributed by atoms with Gasteiger partial charge in [-0.25, -0.2) is 4.39 Å². The number of hydrogen-bond donors (Lipinski definition) is 1. The van der Waals surface area contributed by atoms with E-state index in [0.717, 1.165) is 23.2 Å². The Kier molecular flexibility index (Phi) is 2.31. The lowest BCUT2D eigenvalue weighted by molar-refractivity contribution is 0.629. The summed E-state index contributed by atoms with van der Waals surface area (Å²) in [4.78, 5) is 4.45. The van der Waals surface area contributed by atoms with Crippen LogP contribution in [0.4, 0.5) is 10.1 Å². The Morgan fingerprint density at radius 1 is 1.40 bits per heavy atom. The molecular formula is C12H13FN2. The summed E-state index contributed by atoms with van der Waals surface area (Å²) in [5, 5.41) is 0.699. The average molecular weight is 204 g/mol. The third-order valence-corrected chi connectivity index (χ3v) is 2.68. The van der Waals surface area contributed by atoms with Gasteiger partial charge in [0.2, 0.25) is 0 Å². The van der Waals surface area contributed by atoms with Gasteiger partial charge in [0.25, 0.3) is 0 Å². The molecule has 2 aromatic rings. The number of nitrogen functional groups attached to an aromatic ring is 1. The standard InChI is InChI=1S/C12H13FN2/c1-3-10-7(2)12(14)9-6-8(13)4-5-11(9)15-10/h4-6H,3H2,1-2H3,(H2,14,15). The zero-order valence-corrected chi connectivity index (χ0v) is 8.84. The molecule has 0 bridgehead atoms. The molecule has 0 spiro atoms. The summed E-state index contributed by atoms with van der Waals surface area (Å²) in [6.07, 6.45) is 0.837. The second-order valence-corrected chi connectivity index (χ2v) is 3.61. The minimum atomic E-state index is -0.278. The maximum Gasteiger partial charge on any atom is 0.124 e. The molecule has 2 rings (SSSR count). The number of anilines is 1. The Bertz CT molecular complexity index is 521. The normalized spacial score (nSPS) is 10.9. The van der Waals surface area contributed by atoms with E-state index in [1.807, 2.05) is 13.8 Å². The number of benzene rings is 1. The van der Waals surface area contributed by atoms with Gasteiger partial charge in [-0.3, -0.25) is 4.98 Å². The summed E-state index contributed by atoms with van der Waals surface area (Å²) in [6.45, 7) is 3.95. The number of halogens is 1. The third kappa shape index (κ3) is 1.54. The number of nitrogens with two attached hydrogens (primary N) is 1. The molecule has 0 aliphatic rings. The van der Waals surface area contributed by atoms with Gasteiger partial charge in [0.05, 0.1) is 5.52 Å². The van der Waals surface area contributed by atoms with Crippen molar-refractivity contribution in [3.05, 3.63) is 35.3 Å². The lowest BCUT2D eigenvalue weighted by Crippen LogP contribution is -2.00. The zero-order valence-electron chi connectivity index (χ0n) is 8.84. The lowest BCUT2D eigenvalue weighted by atomic mass is 10.1. The molecule has 0 atom stereocenters. The van der Waals surface area contributed by atoms with Crippen LogP contribution in [0.25, 0.3) is 10.9 Å². The van der Waals surface area contributed by atoms with E-state index in [4.69, 9.17) is 5.73 Å². The molecule has 1 heterocycles. The molecule has 3 heteroatoms. The summed E-state index contributed by atoms with van der Waals surface area (Å²) in [5.41, 5.74) is 9.29. The molecule has 0 radical (unpaired) electrons. The second kappa shape index (κ2) is 3.50. The SMILES string of the molecule is CCc1nc2ccc(F)cc2c(N)c1C. The highest BCUT2D eigenvalue weighted by Crippen LogP contribution is 2.26. The molecule has 1 aromatic heterocycles. The molecule has 78 valence electrons. The fourth-order valence-corrected chi connectivity index (χ4v) is 1.75. The van der Waals surface area contributed by atoms with Gasteiger partial charge >= 0.3 is 0 Å². The Balaban J connectivity index is 2.84. The molecule has 0 aliphatic heterocycles. The van der Waals surface area contributed by atoms with Gasteiger partial charge in [-0.1, -0.05) is 6.92 Å². The molecule has 2 N–H and O–H groups in total. The number of aryl methyl sites for hydroxylation is 1. The van der Waals surface area contributed by atoms with E-state index in [0.29, 0.717) is 11.1 Å². The first-order valence-corrected chi connectivity index (χ1v) is 4.97. The van der Waals surface area contributed by atoms with Crippen molar-refractivity contribution in [3.8, 4) is 0 Å². The number of fused-ring (bicyclic) bond motifs is 1. The van der Waals surface area contributed by atoms with Crippen molar-refractivity contribution in [1.29, 1.82) is 0 Å². The van der Waals surface area contributed by atoms with Crippen molar-refractivity contribution in [2.45, 2.75) is 20.3 Å². The smallest absolute Gasteiger partial charge is 0.124 e. The van der Waals surface area contributed by atoms with E-state index < -0.39 is 0 Å². The first-order valence-electron chi connectivity index (χ1n) is 4.97. The molecule has 0 amide bonds. The number of aromatic nitrogens is 1. The van der Waals surface area contributed by atoms with Gasteiger partial charge in [-0.15, -0.1) is 0 Å². The summed E-state index contributed by atoms with van der Waals surface area (Å²) >= 11 is 0. The third-order valence-electron chi connectivity index (χ3n) is 2.68. The zero-order chi connectivity index (χ0) is 11.0. The van der Waals surface area contributed by atoms with Crippen LogP contribution in [-0.4, -0.2) is 4.98 Å². The first-order chi connectivity index (χ1) is 7.13. The van der Waals surface area contributed by atoms with Crippen LogP contribution in [0.15, 0.2) is 18.2 Å². The highest BCUT2D eigenvalue weighted by atomic mass is 19.1. The van der Waals surface area contributed by atoms with Crippen molar-refractivity contribution in [1.82, 2.24) is 4.98 Å². The van der Waals surface area contributed by atoms with E-state index in [-0.39, 0.29) is 5.82 Å². The summed E-state index contributed by atoms with van der Waals surface area (Å²) < 4.78 is 13.0. The minimum Gasteiger partial charge on any atom is -0.398 e. The molecule has 0 fully saturated rings. The molecule has 0 saturated carbocycles. The first kappa shape index (κ1) is 9.90. The van der Waals surface area contributed by atoms with Gasteiger partial charge in [-0.05, 0) is 37.1 Å². The van der Waals surface area contributed by atoms with Gasteiger partial charge < -0.3 is 5.73 Å². The van der Waals surface area contributed by atoms with Crippen molar-refractivity contribution in [3.63, 3.8) is 0 Å². The quantitative estimate of drug-likeness (QED) is 0.775. The fourth-order valence-electron chi connectivity index (χ4n) is 1.75. The Morgan fingerprint density at radius 3 is 2.80 bits per heavy atom. The van der Waals surface area contributed by atoms with Crippen LogP contribution < -0.4 is 5.73 Å². The van der Waals surface area contributed by atoms with Crippen molar-refractivity contribution < 1.29 is 4.39 Å². The maximum atomic E-state index is 13.0. The van der Waals surface area contributed by atoms with Gasteiger partial charge in [-0.2, -0.15) is 0 Å².